The number of halogens is 4. The lowest BCUT2D eigenvalue weighted by atomic mass is 10.4. The van der Waals surface area contributed by atoms with Gasteiger partial charge in [0.15, 0.2) is 0 Å². The van der Waals surface area contributed by atoms with Crippen LogP contribution in [0.3, 0.4) is 0 Å². The van der Waals surface area contributed by atoms with E-state index in [9.17, 15) is 8.78 Å². The second-order valence-corrected chi connectivity index (χ2v) is 4.78. The topological polar surface area (TPSA) is 22.1 Å². The van der Waals surface area contributed by atoms with E-state index in [4.69, 9.17) is 0 Å². The molecule has 0 amide bonds. The van der Waals surface area contributed by atoms with E-state index >= 15 is 0 Å². The molecule has 14 heavy (non-hydrogen) atoms. The Kier molecular flexibility index (Phi) is 4.15. The van der Waals surface area contributed by atoms with Gasteiger partial charge in [-0.25, -0.2) is 4.98 Å². The molecule has 0 fully saturated rings. The minimum atomic E-state index is -3.36. The molecule has 0 unspecified atom stereocenters. The van der Waals surface area contributed by atoms with E-state index in [1.165, 1.54) is 23.9 Å². The van der Waals surface area contributed by atoms with E-state index in [2.05, 4.69) is 41.6 Å². The molecule has 0 aliphatic rings. The average Bonchev–Trinajstić information content (AvgIpc) is 1.99. The maximum atomic E-state index is 12.4. The Balaban J connectivity index is 2.92. The van der Waals surface area contributed by atoms with Crippen LogP contribution in [0.2, 0.25) is 0 Å². The average molecular weight is 349 g/mol. The highest BCUT2D eigenvalue weighted by Gasteiger charge is 2.26. The van der Waals surface area contributed by atoms with Crippen LogP contribution in [0, 0.1) is 0 Å². The predicted molar refractivity (Wildman–Crippen MR) is 58.2 cm³/mol. The fraction of sp³-hybridized carbons (Fsp3) is 0.286. The maximum Gasteiger partial charge on any atom is 0.459 e. The van der Waals surface area contributed by atoms with Gasteiger partial charge in [-0.1, -0.05) is 0 Å². The Morgan fingerprint density at radius 1 is 1.50 bits per heavy atom. The number of pyridine rings is 1. The number of hydrogen-bond donors (Lipinski definition) is 0. The summed E-state index contributed by atoms with van der Waals surface area (Å²) in [6.45, 7) is 0. The number of alkyl halides is 3. The molecule has 1 aromatic rings. The summed E-state index contributed by atoms with van der Waals surface area (Å²) in [6, 6.07) is 2.81. The van der Waals surface area contributed by atoms with Gasteiger partial charge in [0.05, 0.1) is 0 Å². The van der Waals surface area contributed by atoms with Crippen LogP contribution in [0.5, 0.6) is 5.75 Å². The Labute approximate surface area is 101 Å². The largest absolute Gasteiger partial charge is 0.459 e. The molecule has 0 radical (unpaired) electrons. The highest BCUT2D eigenvalue weighted by molar-refractivity contribution is 9.10. The van der Waals surface area contributed by atoms with Crippen LogP contribution in [0.1, 0.15) is 0 Å². The molecule has 7 heteroatoms. The standard InChI is InChI=1S/C7H5Br2F2NOS/c1-14-6-3-4(2-5(8)12-6)13-7(9,10)11/h2-3H,1H3. The van der Waals surface area contributed by atoms with Crippen molar-refractivity contribution in [3.8, 4) is 5.75 Å². The molecule has 0 saturated heterocycles. The summed E-state index contributed by atoms with van der Waals surface area (Å²) in [7, 11) is 0. The Bertz CT molecular complexity index is 332. The van der Waals surface area contributed by atoms with E-state index in [1.807, 2.05) is 0 Å². The van der Waals surface area contributed by atoms with Crippen molar-refractivity contribution in [2.75, 3.05) is 6.26 Å². The number of rotatable bonds is 3. The van der Waals surface area contributed by atoms with Gasteiger partial charge < -0.3 is 4.74 Å². The van der Waals surface area contributed by atoms with Crippen molar-refractivity contribution in [2.45, 2.75) is 10.0 Å². The number of hydrogen-bond acceptors (Lipinski definition) is 3. The third-order valence-electron chi connectivity index (χ3n) is 1.19. The molecular weight excluding hydrogens is 344 g/mol. The van der Waals surface area contributed by atoms with Crippen molar-refractivity contribution in [3.63, 3.8) is 0 Å². The summed E-state index contributed by atoms with van der Waals surface area (Å²) in [4.78, 5) is 4.02. The van der Waals surface area contributed by atoms with Crippen molar-refractivity contribution in [2.24, 2.45) is 0 Å². The first kappa shape index (κ1) is 12.2. The van der Waals surface area contributed by atoms with Crippen LogP contribution in [-0.4, -0.2) is 16.3 Å². The molecule has 0 aliphatic carbocycles. The van der Waals surface area contributed by atoms with E-state index in [-0.39, 0.29) is 5.75 Å². The van der Waals surface area contributed by atoms with Crippen LogP contribution in [0.25, 0.3) is 0 Å². The molecule has 0 aliphatic heterocycles. The van der Waals surface area contributed by atoms with Gasteiger partial charge in [-0.3, -0.25) is 0 Å². The minimum Gasteiger partial charge on any atom is -0.424 e. The molecule has 0 saturated carbocycles. The van der Waals surface area contributed by atoms with Gasteiger partial charge >= 0.3 is 5.02 Å². The van der Waals surface area contributed by atoms with Crippen molar-refractivity contribution in [1.82, 2.24) is 4.98 Å². The molecule has 0 aromatic carbocycles. The summed E-state index contributed by atoms with van der Waals surface area (Å²) in [5.74, 6) is 0.0538. The van der Waals surface area contributed by atoms with Gasteiger partial charge in [-0.15, -0.1) is 11.8 Å². The highest BCUT2D eigenvalue weighted by atomic mass is 79.9. The maximum absolute atomic E-state index is 12.4. The van der Waals surface area contributed by atoms with Crippen LogP contribution >= 0.6 is 43.6 Å². The second-order valence-electron chi connectivity index (χ2n) is 2.22. The molecule has 0 spiro atoms. The minimum absolute atomic E-state index is 0.0538. The van der Waals surface area contributed by atoms with Gasteiger partial charge in [0.1, 0.15) is 15.4 Å². The highest BCUT2D eigenvalue weighted by Crippen LogP contribution is 2.30. The van der Waals surface area contributed by atoms with Gasteiger partial charge in [0, 0.05) is 28.1 Å². The van der Waals surface area contributed by atoms with Crippen LogP contribution in [-0.2, 0) is 0 Å². The lowest BCUT2D eigenvalue weighted by Crippen LogP contribution is -2.14. The summed E-state index contributed by atoms with van der Waals surface area (Å²) in [6.07, 6.45) is 1.80. The Morgan fingerprint density at radius 3 is 2.64 bits per heavy atom. The molecule has 78 valence electrons. The fourth-order valence-electron chi connectivity index (χ4n) is 0.748. The molecule has 1 aromatic heterocycles. The van der Waals surface area contributed by atoms with Crippen LogP contribution in [0.15, 0.2) is 21.8 Å². The lowest BCUT2D eigenvalue weighted by Gasteiger charge is -2.11. The zero-order valence-corrected chi connectivity index (χ0v) is 10.9. The molecule has 2 nitrogen and oxygen atoms in total. The third-order valence-corrected chi connectivity index (χ3v) is 2.38. The zero-order valence-electron chi connectivity index (χ0n) is 6.93. The fourth-order valence-corrected chi connectivity index (χ4v) is 1.89. The normalized spacial score (nSPS) is 11.5. The molecule has 0 atom stereocenters. The number of aromatic nitrogens is 1. The molecular formula is C7H5Br2F2NOS. The third kappa shape index (κ3) is 4.10. The van der Waals surface area contributed by atoms with Crippen LogP contribution < -0.4 is 4.74 Å². The number of ether oxygens (including phenoxy) is 1. The predicted octanol–water partition coefficient (Wildman–Crippen LogP) is 3.89. The monoisotopic (exact) mass is 347 g/mol. The van der Waals surface area contributed by atoms with Gasteiger partial charge in [0.2, 0.25) is 0 Å². The molecule has 0 N–H and O–H groups in total. The zero-order chi connectivity index (χ0) is 10.8. The lowest BCUT2D eigenvalue weighted by molar-refractivity contribution is -0.0805. The van der Waals surface area contributed by atoms with E-state index in [0.717, 1.165) is 0 Å². The molecule has 1 heterocycles. The molecule has 0 bridgehead atoms. The number of nitrogens with zero attached hydrogens (tertiary/aromatic N) is 1. The van der Waals surface area contributed by atoms with E-state index in [1.54, 1.807) is 6.26 Å². The van der Waals surface area contributed by atoms with Crippen molar-refractivity contribution < 1.29 is 13.5 Å². The van der Waals surface area contributed by atoms with Gasteiger partial charge in [-0.2, -0.15) is 8.78 Å². The van der Waals surface area contributed by atoms with E-state index < -0.39 is 5.02 Å². The van der Waals surface area contributed by atoms with Crippen LogP contribution in [0.4, 0.5) is 8.78 Å². The SMILES string of the molecule is CSc1cc(OC(F)(F)Br)cc(Br)n1. The quantitative estimate of drug-likeness (QED) is 0.470. The second kappa shape index (κ2) is 4.76. The van der Waals surface area contributed by atoms with E-state index in [0.29, 0.717) is 9.63 Å². The first-order valence-corrected chi connectivity index (χ1v) is 6.19. The first-order valence-electron chi connectivity index (χ1n) is 3.38. The Hall–Kier alpha value is 0.120. The van der Waals surface area contributed by atoms with Gasteiger partial charge in [-0.05, 0) is 22.2 Å². The smallest absolute Gasteiger partial charge is 0.424 e. The Morgan fingerprint density at radius 2 is 2.14 bits per heavy atom. The molecule has 1 rings (SSSR count). The van der Waals surface area contributed by atoms with Crippen molar-refractivity contribution in [3.05, 3.63) is 16.7 Å². The summed E-state index contributed by atoms with van der Waals surface area (Å²) in [5.41, 5.74) is 0. The summed E-state index contributed by atoms with van der Waals surface area (Å²) >= 11 is 6.53. The summed E-state index contributed by atoms with van der Waals surface area (Å²) in [5, 5.41) is -2.75. The van der Waals surface area contributed by atoms with Crippen molar-refractivity contribution >= 4 is 43.6 Å². The number of thioether (sulfide) groups is 1. The summed E-state index contributed by atoms with van der Waals surface area (Å²) < 4.78 is 29.6. The van der Waals surface area contributed by atoms with Crippen molar-refractivity contribution in [1.29, 1.82) is 0 Å². The first-order chi connectivity index (χ1) is 6.40. The van der Waals surface area contributed by atoms with Gasteiger partial charge in [0.25, 0.3) is 0 Å².